The molecule has 0 saturated carbocycles. The number of nitrogens with two attached hydrogens (primary N) is 1. The first-order chi connectivity index (χ1) is 9.22. The zero-order valence-corrected chi connectivity index (χ0v) is 11.8. The Bertz CT molecular complexity index is 425. The van der Waals surface area contributed by atoms with Crippen LogP contribution in [0.2, 0.25) is 0 Å². The number of aromatic nitrogens is 2. The van der Waals surface area contributed by atoms with Crippen molar-refractivity contribution in [3.05, 3.63) is 5.01 Å². The highest BCUT2D eigenvalue weighted by Crippen LogP contribution is 2.22. The molecule has 1 aromatic heterocycles. The number of hydrazine groups is 1. The van der Waals surface area contributed by atoms with Crippen molar-refractivity contribution < 1.29 is 9.53 Å². The first kappa shape index (κ1) is 14.2. The lowest BCUT2D eigenvalue weighted by Crippen LogP contribution is -2.38. The molecule has 7 nitrogen and oxygen atoms in total. The number of nitrogens with zero attached hydrogens (tertiary/aromatic N) is 3. The smallest absolute Gasteiger partial charge is 0.310 e. The maximum absolute atomic E-state index is 11.7. The number of ether oxygens (including phenoxy) is 1. The van der Waals surface area contributed by atoms with Gasteiger partial charge in [-0.2, -0.15) is 0 Å². The zero-order chi connectivity index (χ0) is 13.7. The molecular formula is C11H19N5O2S. The Morgan fingerprint density at radius 3 is 3.16 bits per heavy atom. The van der Waals surface area contributed by atoms with Gasteiger partial charge in [0.05, 0.1) is 19.1 Å². The molecule has 1 aromatic rings. The van der Waals surface area contributed by atoms with Gasteiger partial charge in [0, 0.05) is 6.54 Å². The third-order valence-corrected chi connectivity index (χ3v) is 3.91. The summed E-state index contributed by atoms with van der Waals surface area (Å²) in [5.41, 5.74) is 2.48. The molecule has 0 spiro atoms. The number of nitrogens with one attached hydrogen (secondary N) is 1. The third-order valence-electron chi connectivity index (χ3n) is 3.07. The van der Waals surface area contributed by atoms with Crippen molar-refractivity contribution in [2.75, 3.05) is 25.1 Å². The van der Waals surface area contributed by atoms with Gasteiger partial charge in [0.1, 0.15) is 5.01 Å². The van der Waals surface area contributed by atoms with Crippen molar-refractivity contribution in [2.45, 2.75) is 26.3 Å². The Labute approximate surface area is 116 Å². The lowest BCUT2D eigenvalue weighted by atomic mass is 9.98. The summed E-state index contributed by atoms with van der Waals surface area (Å²) in [6.07, 6.45) is 1.91. The highest BCUT2D eigenvalue weighted by Gasteiger charge is 2.27. The fourth-order valence-electron chi connectivity index (χ4n) is 2.22. The summed E-state index contributed by atoms with van der Waals surface area (Å²) < 4.78 is 5.08. The van der Waals surface area contributed by atoms with E-state index in [-0.39, 0.29) is 11.9 Å². The van der Waals surface area contributed by atoms with E-state index < -0.39 is 0 Å². The molecule has 1 aliphatic heterocycles. The Morgan fingerprint density at radius 1 is 1.63 bits per heavy atom. The molecule has 0 amide bonds. The number of esters is 1. The van der Waals surface area contributed by atoms with Crippen molar-refractivity contribution in [1.82, 2.24) is 15.1 Å². The molecule has 19 heavy (non-hydrogen) atoms. The molecule has 106 valence electrons. The van der Waals surface area contributed by atoms with E-state index in [0.29, 0.717) is 18.3 Å². The molecule has 1 atom stereocenters. The number of carbonyl (C=O) groups is 1. The van der Waals surface area contributed by atoms with E-state index >= 15 is 0 Å². The number of anilines is 1. The van der Waals surface area contributed by atoms with Crippen molar-refractivity contribution in [1.29, 1.82) is 0 Å². The molecule has 1 saturated heterocycles. The summed E-state index contributed by atoms with van der Waals surface area (Å²) in [5.74, 6) is 5.17. The van der Waals surface area contributed by atoms with Gasteiger partial charge in [-0.05, 0) is 26.3 Å². The average Bonchev–Trinajstić information content (AvgIpc) is 2.87. The Kier molecular flexibility index (Phi) is 5.06. The summed E-state index contributed by atoms with van der Waals surface area (Å²) in [7, 11) is 0. The van der Waals surface area contributed by atoms with Gasteiger partial charge in [0.2, 0.25) is 5.13 Å². The molecule has 1 fully saturated rings. The summed E-state index contributed by atoms with van der Waals surface area (Å²) in [4.78, 5) is 14.0. The van der Waals surface area contributed by atoms with Crippen molar-refractivity contribution >= 4 is 22.4 Å². The number of nitrogen functional groups attached to an aromatic ring is 1. The normalized spacial score (nSPS) is 20.2. The number of likely N-dealkylation sites (tertiary alicyclic amines) is 1. The van der Waals surface area contributed by atoms with Crippen LogP contribution >= 0.6 is 11.3 Å². The molecule has 2 rings (SSSR count). The number of carbonyl (C=O) groups excluding carboxylic acids is 1. The fourth-order valence-corrected chi connectivity index (χ4v) is 2.91. The van der Waals surface area contributed by atoms with Gasteiger partial charge in [0.15, 0.2) is 0 Å². The summed E-state index contributed by atoms with van der Waals surface area (Å²) in [5, 5.41) is 9.46. The number of hydrogen-bond donors (Lipinski definition) is 2. The lowest BCUT2D eigenvalue weighted by molar-refractivity contribution is -0.150. The summed E-state index contributed by atoms with van der Waals surface area (Å²) in [6, 6.07) is 0. The van der Waals surface area contributed by atoms with Crippen molar-refractivity contribution in [3.63, 3.8) is 0 Å². The van der Waals surface area contributed by atoms with E-state index in [4.69, 9.17) is 10.6 Å². The van der Waals surface area contributed by atoms with Crippen LogP contribution < -0.4 is 11.3 Å². The zero-order valence-electron chi connectivity index (χ0n) is 11.0. The molecule has 8 heteroatoms. The van der Waals surface area contributed by atoms with E-state index in [1.807, 2.05) is 6.92 Å². The van der Waals surface area contributed by atoms with E-state index in [0.717, 1.165) is 30.9 Å². The highest BCUT2D eigenvalue weighted by atomic mass is 32.1. The van der Waals surface area contributed by atoms with Crippen LogP contribution in [0.25, 0.3) is 0 Å². The standard InChI is InChI=1S/C11H19N5O2S/c1-2-18-10(17)8-4-3-5-16(6-8)7-9-14-15-11(13-12)19-9/h8H,2-7,12H2,1H3,(H,13,15). The maximum Gasteiger partial charge on any atom is 0.310 e. The van der Waals surface area contributed by atoms with Crippen LogP contribution in [0.4, 0.5) is 5.13 Å². The van der Waals surface area contributed by atoms with Gasteiger partial charge in [-0.1, -0.05) is 11.3 Å². The van der Waals surface area contributed by atoms with Crippen molar-refractivity contribution in [3.8, 4) is 0 Å². The van der Waals surface area contributed by atoms with Gasteiger partial charge < -0.3 is 4.74 Å². The van der Waals surface area contributed by atoms with Gasteiger partial charge in [-0.3, -0.25) is 15.1 Å². The average molecular weight is 285 g/mol. The predicted octanol–water partition coefficient (Wildman–Crippen LogP) is 0.599. The molecule has 1 unspecified atom stereocenters. The van der Waals surface area contributed by atoms with Crippen LogP contribution in [-0.4, -0.2) is 40.8 Å². The molecule has 0 aromatic carbocycles. The molecule has 0 radical (unpaired) electrons. The quantitative estimate of drug-likeness (QED) is 0.465. The highest BCUT2D eigenvalue weighted by molar-refractivity contribution is 7.15. The molecule has 0 bridgehead atoms. The van der Waals surface area contributed by atoms with Gasteiger partial charge in [0.25, 0.3) is 0 Å². The van der Waals surface area contributed by atoms with Crippen molar-refractivity contribution in [2.24, 2.45) is 11.8 Å². The first-order valence-electron chi connectivity index (χ1n) is 6.41. The molecule has 0 aliphatic carbocycles. The Balaban J connectivity index is 1.88. The van der Waals surface area contributed by atoms with E-state index in [2.05, 4.69) is 20.5 Å². The van der Waals surface area contributed by atoms with Crippen LogP contribution in [0.5, 0.6) is 0 Å². The minimum Gasteiger partial charge on any atom is -0.466 e. The van der Waals surface area contributed by atoms with Gasteiger partial charge >= 0.3 is 5.97 Å². The topological polar surface area (TPSA) is 93.4 Å². The number of rotatable bonds is 5. The van der Waals surface area contributed by atoms with Crippen LogP contribution in [0.1, 0.15) is 24.8 Å². The number of piperidine rings is 1. The van der Waals surface area contributed by atoms with Crippen LogP contribution in [-0.2, 0) is 16.1 Å². The Hall–Kier alpha value is -1.25. The first-order valence-corrected chi connectivity index (χ1v) is 7.22. The molecule has 3 N–H and O–H groups in total. The Morgan fingerprint density at radius 2 is 2.47 bits per heavy atom. The molecule has 1 aliphatic rings. The third kappa shape index (κ3) is 3.85. The van der Waals surface area contributed by atoms with Gasteiger partial charge in [-0.15, -0.1) is 10.2 Å². The van der Waals surface area contributed by atoms with Crippen LogP contribution in [0.3, 0.4) is 0 Å². The van der Waals surface area contributed by atoms with Gasteiger partial charge in [-0.25, -0.2) is 5.84 Å². The maximum atomic E-state index is 11.7. The number of hydrogen-bond acceptors (Lipinski definition) is 8. The lowest BCUT2D eigenvalue weighted by Gasteiger charge is -2.30. The minimum atomic E-state index is -0.0891. The largest absolute Gasteiger partial charge is 0.466 e. The van der Waals surface area contributed by atoms with E-state index in [1.165, 1.54) is 11.3 Å². The predicted molar refractivity (Wildman–Crippen MR) is 72.4 cm³/mol. The second kappa shape index (κ2) is 6.78. The second-order valence-electron chi connectivity index (χ2n) is 4.47. The van der Waals surface area contributed by atoms with Crippen LogP contribution in [0.15, 0.2) is 0 Å². The molecule has 2 heterocycles. The van der Waals surface area contributed by atoms with E-state index in [1.54, 1.807) is 0 Å². The van der Waals surface area contributed by atoms with E-state index in [9.17, 15) is 4.79 Å². The minimum absolute atomic E-state index is 0.0197. The van der Waals surface area contributed by atoms with Crippen LogP contribution in [0, 0.1) is 5.92 Å². The monoisotopic (exact) mass is 285 g/mol. The fraction of sp³-hybridized carbons (Fsp3) is 0.727. The second-order valence-corrected chi connectivity index (χ2v) is 5.53. The summed E-state index contributed by atoms with van der Waals surface area (Å²) >= 11 is 1.43. The SMILES string of the molecule is CCOC(=O)C1CCCN(Cc2nnc(NN)s2)C1. The summed E-state index contributed by atoms with van der Waals surface area (Å²) in [6.45, 7) is 4.68. The molecular weight excluding hydrogens is 266 g/mol.